The minimum atomic E-state index is -2.53. The molecule has 0 saturated carbocycles. The van der Waals surface area contributed by atoms with Crippen LogP contribution in [-0.2, 0) is 27.3 Å². The lowest BCUT2D eigenvalue weighted by molar-refractivity contribution is -0.152. The summed E-state index contributed by atoms with van der Waals surface area (Å²) in [6, 6.07) is 15.1. The second-order valence-electron chi connectivity index (χ2n) is 8.81. The quantitative estimate of drug-likeness (QED) is 0.190. The number of carboxylic acid groups (broad SMARTS) is 1. The van der Waals surface area contributed by atoms with Crippen LogP contribution in [-0.4, -0.2) is 62.2 Å². The Labute approximate surface area is 216 Å². The van der Waals surface area contributed by atoms with Gasteiger partial charge in [-0.1, -0.05) is 36.4 Å². The standard InChI is InChI=1S/C26H28N4O6S/c1-36-21-11-9-17-8-10-20(14-19(17)15-21)30(37(34)35)22-3-2-12-29(25(22)31)23(26(32)33)13-16-4-6-18(7-5-16)24(27)28/h4-11,14-15,22-23H,2-3,12-13H2,1H3,(H3,27,28)(H,32,33)(H,34,35). The molecule has 3 aromatic rings. The molecule has 1 fully saturated rings. The van der Waals surface area contributed by atoms with E-state index in [4.69, 9.17) is 15.9 Å². The fourth-order valence-corrected chi connectivity index (χ4v) is 5.34. The van der Waals surface area contributed by atoms with Gasteiger partial charge in [0.1, 0.15) is 23.7 Å². The molecule has 1 aliphatic rings. The number of nitrogen functional groups attached to an aromatic ring is 1. The van der Waals surface area contributed by atoms with Gasteiger partial charge in [0.25, 0.3) is 11.3 Å². The number of benzene rings is 3. The van der Waals surface area contributed by atoms with E-state index in [1.807, 2.05) is 12.1 Å². The molecule has 1 aliphatic heterocycles. The van der Waals surface area contributed by atoms with Crippen LogP contribution in [0.2, 0.25) is 0 Å². The first-order chi connectivity index (χ1) is 17.7. The largest absolute Gasteiger partial charge is 0.497 e. The number of methoxy groups -OCH3 is 1. The third kappa shape index (κ3) is 5.57. The summed E-state index contributed by atoms with van der Waals surface area (Å²) in [4.78, 5) is 27.1. The van der Waals surface area contributed by atoms with E-state index < -0.39 is 35.2 Å². The van der Waals surface area contributed by atoms with E-state index in [0.29, 0.717) is 35.4 Å². The number of nitrogens with one attached hydrogen (secondary N) is 1. The maximum atomic E-state index is 13.6. The second-order valence-corrected chi connectivity index (χ2v) is 9.67. The fourth-order valence-electron chi connectivity index (χ4n) is 4.64. The maximum absolute atomic E-state index is 13.6. The lowest BCUT2D eigenvalue weighted by Gasteiger charge is -2.40. The molecular formula is C26H28N4O6S. The molecule has 0 aromatic heterocycles. The minimum absolute atomic E-state index is 0.0456. The van der Waals surface area contributed by atoms with Gasteiger partial charge < -0.3 is 20.5 Å². The zero-order valence-corrected chi connectivity index (χ0v) is 21.0. The highest BCUT2D eigenvalue weighted by Crippen LogP contribution is 2.31. The molecule has 0 aliphatic carbocycles. The lowest BCUT2D eigenvalue weighted by atomic mass is 9.97. The highest BCUT2D eigenvalue weighted by atomic mass is 32.2. The van der Waals surface area contributed by atoms with Crippen LogP contribution in [0.5, 0.6) is 5.75 Å². The number of hydrogen-bond donors (Lipinski definition) is 4. The predicted octanol–water partition coefficient (Wildman–Crippen LogP) is 2.76. The van der Waals surface area contributed by atoms with Crippen molar-refractivity contribution in [3.63, 3.8) is 0 Å². The molecule has 0 bridgehead atoms. The predicted molar refractivity (Wildman–Crippen MR) is 141 cm³/mol. The number of hydrogen-bond acceptors (Lipinski definition) is 5. The van der Waals surface area contributed by atoms with E-state index in [9.17, 15) is 23.5 Å². The van der Waals surface area contributed by atoms with Gasteiger partial charge in [0.15, 0.2) is 0 Å². The molecule has 194 valence electrons. The molecule has 1 amide bonds. The van der Waals surface area contributed by atoms with Gasteiger partial charge in [-0.15, -0.1) is 0 Å². The monoisotopic (exact) mass is 524 g/mol. The first kappa shape index (κ1) is 26.1. The summed E-state index contributed by atoms with van der Waals surface area (Å²) in [6.07, 6.45) is 0.819. The Kier molecular flexibility index (Phi) is 7.74. The molecule has 3 atom stereocenters. The number of piperidine rings is 1. The van der Waals surface area contributed by atoms with Crippen LogP contribution in [0.25, 0.3) is 10.8 Å². The molecule has 4 rings (SSSR count). The number of carbonyl (C=O) groups excluding carboxylic acids is 1. The van der Waals surface area contributed by atoms with E-state index in [1.165, 1.54) is 4.90 Å². The molecule has 5 N–H and O–H groups in total. The SMILES string of the molecule is COc1ccc2ccc(N(C3CCCN(C(Cc4ccc(C(=N)N)cc4)C(=O)O)C3=O)S(=O)O)cc2c1. The summed E-state index contributed by atoms with van der Waals surface area (Å²) in [5.74, 6) is -1.16. The molecule has 1 saturated heterocycles. The number of likely N-dealkylation sites (tertiary alicyclic amines) is 1. The number of amides is 1. The number of anilines is 1. The summed E-state index contributed by atoms with van der Waals surface area (Å²) in [5, 5.41) is 19.2. The molecule has 37 heavy (non-hydrogen) atoms. The molecule has 0 radical (unpaired) electrons. The van der Waals surface area contributed by atoms with Gasteiger partial charge in [-0.3, -0.25) is 19.1 Å². The molecule has 11 heteroatoms. The number of ether oxygens (including phenoxy) is 1. The Bertz CT molecular complexity index is 1360. The van der Waals surface area contributed by atoms with Crippen molar-refractivity contribution >= 4 is 45.4 Å². The van der Waals surface area contributed by atoms with Gasteiger partial charge in [0.2, 0.25) is 5.91 Å². The average molecular weight is 525 g/mol. The first-order valence-corrected chi connectivity index (χ1v) is 12.7. The van der Waals surface area contributed by atoms with Crippen LogP contribution in [0.15, 0.2) is 60.7 Å². The topological polar surface area (TPSA) is 157 Å². The fraction of sp³-hybridized carbons (Fsp3) is 0.269. The van der Waals surface area contributed by atoms with E-state index in [2.05, 4.69) is 0 Å². The van der Waals surface area contributed by atoms with Gasteiger partial charge in [-0.05, 0) is 53.4 Å². The molecule has 3 unspecified atom stereocenters. The Balaban J connectivity index is 1.63. The first-order valence-electron chi connectivity index (χ1n) is 11.6. The van der Waals surface area contributed by atoms with Crippen LogP contribution < -0.4 is 14.8 Å². The van der Waals surface area contributed by atoms with Crippen molar-refractivity contribution in [3.05, 3.63) is 71.8 Å². The number of fused-ring (bicyclic) bond motifs is 1. The van der Waals surface area contributed by atoms with Crippen molar-refractivity contribution in [2.45, 2.75) is 31.3 Å². The number of nitrogens with two attached hydrogens (primary N) is 1. The Hall–Kier alpha value is -3.96. The van der Waals surface area contributed by atoms with E-state index in [-0.39, 0.29) is 18.8 Å². The van der Waals surface area contributed by atoms with Crippen LogP contribution in [0.1, 0.15) is 24.0 Å². The van der Waals surface area contributed by atoms with Gasteiger partial charge in [0.05, 0.1) is 12.8 Å². The van der Waals surface area contributed by atoms with Crippen molar-refractivity contribution in [2.24, 2.45) is 5.73 Å². The van der Waals surface area contributed by atoms with Gasteiger partial charge in [-0.2, -0.15) is 0 Å². The summed E-state index contributed by atoms with van der Waals surface area (Å²) >= 11 is -2.53. The van der Waals surface area contributed by atoms with Gasteiger partial charge in [-0.25, -0.2) is 9.00 Å². The lowest BCUT2D eigenvalue weighted by Crippen LogP contribution is -2.58. The van der Waals surface area contributed by atoms with Gasteiger partial charge >= 0.3 is 5.97 Å². The normalized spacial score (nSPS) is 17.3. The molecule has 1 heterocycles. The van der Waals surface area contributed by atoms with Gasteiger partial charge in [0, 0.05) is 18.5 Å². The third-order valence-electron chi connectivity index (χ3n) is 6.54. The smallest absolute Gasteiger partial charge is 0.326 e. The number of rotatable bonds is 9. The van der Waals surface area contributed by atoms with E-state index >= 15 is 0 Å². The van der Waals surface area contributed by atoms with Crippen molar-refractivity contribution in [2.75, 3.05) is 18.0 Å². The molecule has 3 aromatic carbocycles. The van der Waals surface area contributed by atoms with Crippen LogP contribution in [0.3, 0.4) is 0 Å². The zero-order valence-electron chi connectivity index (χ0n) is 20.2. The molecule has 0 spiro atoms. The van der Waals surface area contributed by atoms with E-state index in [1.54, 1.807) is 55.6 Å². The number of carboxylic acids is 1. The number of amidine groups is 1. The average Bonchev–Trinajstić information content (AvgIpc) is 2.88. The summed E-state index contributed by atoms with van der Waals surface area (Å²) in [6.45, 7) is 0.221. The molecular weight excluding hydrogens is 496 g/mol. The highest BCUT2D eigenvalue weighted by molar-refractivity contribution is 7.80. The molecule has 10 nitrogen and oxygen atoms in total. The van der Waals surface area contributed by atoms with Crippen LogP contribution >= 0.6 is 0 Å². The van der Waals surface area contributed by atoms with Crippen molar-refractivity contribution in [1.29, 1.82) is 5.41 Å². The third-order valence-corrected chi connectivity index (χ3v) is 7.34. The summed E-state index contributed by atoms with van der Waals surface area (Å²) in [5.41, 5.74) is 7.04. The minimum Gasteiger partial charge on any atom is -0.497 e. The Morgan fingerprint density at radius 1 is 1.19 bits per heavy atom. The van der Waals surface area contributed by atoms with E-state index in [0.717, 1.165) is 15.1 Å². The second kappa shape index (κ2) is 11.0. The number of carbonyl (C=O) groups is 2. The zero-order chi connectivity index (χ0) is 26.7. The maximum Gasteiger partial charge on any atom is 0.326 e. The summed E-state index contributed by atoms with van der Waals surface area (Å²) in [7, 11) is 1.55. The number of aliphatic carboxylic acids is 1. The van der Waals surface area contributed by atoms with Crippen LogP contribution in [0, 0.1) is 5.41 Å². The number of nitrogens with zero attached hydrogens (tertiary/aromatic N) is 2. The van der Waals surface area contributed by atoms with Crippen molar-refractivity contribution in [1.82, 2.24) is 4.90 Å². The Morgan fingerprint density at radius 3 is 2.51 bits per heavy atom. The Morgan fingerprint density at radius 2 is 1.89 bits per heavy atom. The van der Waals surface area contributed by atoms with Crippen LogP contribution in [0.4, 0.5) is 5.69 Å². The summed E-state index contributed by atoms with van der Waals surface area (Å²) < 4.78 is 29.1. The highest BCUT2D eigenvalue weighted by Gasteiger charge is 2.41. The van der Waals surface area contributed by atoms with Crippen molar-refractivity contribution in [3.8, 4) is 5.75 Å². The van der Waals surface area contributed by atoms with Crippen molar-refractivity contribution < 1.29 is 28.2 Å².